The molecule has 0 saturated carbocycles. The van der Waals surface area contributed by atoms with E-state index in [-0.39, 0.29) is 34.6 Å². The minimum atomic E-state index is -0.739. The van der Waals surface area contributed by atoms with E-state index >= 15 is 0 Å². The minimum absolute atomic E-state index is 0.0239. The summed E-state index contributed by atoms with van der Waals surface area (Å²) in [6, 6.07) is 12.0. The van der Waals surface area contributed by atoms with Crippen LogP contribution < -0.4 is 4.74 Å². The van der Waals surface area contributed by atoms with E-state index in [0.29, 0.717) is 24.9 Å². The lowest BCUT2D eigenvalue weighted by Gasteiger charge is -2.27. The highest BCUT2D eigenvalue weighted by Crippen LogP contribution is 2.42. The number of nitrogens with zero attached hydrogens (tertiary/aromatic N) is 1. The van der Waals surface area contributed by atoms with Gasteiger partial charge in [-0.25, -0.2) is 0 Å². The molecule has 0 radical (unpaired) electrons. The van der Waals surface area contributed by atoms with Crippen molar-refractivity contribution in [3.8, 4) is 5.75 Å². The van der Waals surface area contributed by atoms with Crippen LogP contribution in [-0.4, -0.2) is 47.6 Å². The van der Waals surface area contributed by atoms with Gasteiger partial charge in [0.15, 0.2) is 0 Å². The molecule has 2 saturated heterocycles. The summed E-state index contributed by atoms with van der Waals surface area (Å²) in [5, 5.41) is 11.6. The first-order valence-corrected chi connectivity index (χ1v) is 12.1. The number of carbonyl (C=O) groups is 2. The summed E-state index contributed by atoms with van der Waals surface area (Å²) in [5.41, 5.74) is 2.18. The largest absolute Gasteiger partial charge is 0.507 e. The fourth-order valence-electron chi connectivity index (χ4n) is 4.57. The summed E-state index contributed by atoms with van der Waals surface area (Å²) in [6.07, 6.45) is 1.60. The molecule has 2 heterocycles. The molecule has 0 aromatic heterocycles. The lowest BCUT2D eigenvalue weighted by Crippen LogP contribution is -2.36. The molecular formula is C27H30ClNO5. The van der Waals surface area contributed by atoms with Crippen molar-refractivity contribution in [1.82, 2.24) is 4.90 Å². The van der Waals surface area contributed by atoms with Crippen molar-refractivity contribution in [2.45, 2.75) is 51.7 Å². The van der Waals surface area contributed by atoms with Gasteiger partial charge < -0.3 is 19.5 Å². The molecule has 1 N–H and O–H groups in total. The smallest absolute Gasteiger partial charge is 0.295 e. The fourth-order valence-corrected chi connectivity index (χ4v) is 4.78. The Hall–Kier alpha value is -2.83. The van der Waals surface area contributed by atoms with Crippen LogP contribution in [0.1, 0.15) is 62.3 Å². The number of aliphatic hydroxyl groups excluding tert-OH is 1. The van der Waals surface area contributed by atoms with E-state index in [9.17, 15) is 14.7 Å². The molecule has 2 atom stereocenters. The molecule has 34 heavy (non-hydrogen) atoms. The van der Waals surface area contributed by atoms with E-state index in [4.69, 9.17) is 21.1 Å². The molecule has 2 aliphatic heterocycles. The van der Waals surface area contributed by atoms with Crippen molar-refractivity contribution in [3.05, 3.63) is 69.8 Å². The first kappa shape index (κ1) is 24.3. The Labute approximate surface area is 205 Å². The molecule has 2 unspecified atom stereocenters. The SMILES string of the molecule is CCOc1ccc(Cl)c(/C(O)=C2\C(=O)C(=O)N(CC3CCCO3)C2c2ccc(C(C)C)cc2)c1. The van der Waals surface area contributed by atoms with Crippen molar-refractivity contribution in [1.29, 1.82) is 0 Å². The quantitative estimate of drug-likeness (QED) is 0.321. The van der Waals surface area contributed by atoms with Crippen LogP contribution in [0, 0.1) is 0 Å². The number of amides is 1. The minimum Gasteiger partial charge on any atom is -0.507 e. The molecule has 1 amide bonds. The number of ether oxygens (including phenoxy) is 2. The van der Waals surface area contributed by atoms with E-state index in [1.165, 1.54) is 4.90 Å². The monoisotopic (exact) mass is 483 g/mol. The van der Waals surface area contributed by atoms with Crippen LogP contribution in [0.3, 0.4) is 0 Å². The average molecular weight is 484 g/mol. The highest BCUT2D eigenvalue weighted by Gasteiger charge is 2.47. The number of halogens is 1. The zero-order valence-electron chi connectivity index (χ0n) is 19.7. The molecule has 7 heteroatoms. The van der Waals surface area contributed by atoms with E-state index in [0.717, 1.165) is 24.0 Å². The molecule has 0 bridgehead atoms. The van der Waals surface area contributed by atoms with E-state index in [1.807, 2.05) is 31.2 Å². The maximum Gasteiger partial charge on any atom is 0.295 e. The second-order valence-corrected chi connectivity index (χ2v) is 9.39. The topological polar surface area (TPSA) is 76.1 Å². The van der Waals surface area contributed by atoms with Crippen molar-refractivity contribution in [2.75, 3.05) is 19.8 Å². The number of rotatable bonds is 7. The third kappa shape index (κ3) is 4.70. The maximum absolute atomic E-state index is 13.3. The van der Waals surface area contributed by atoms with Crippen LogP contribution in [0.5, 0.6) is 5.75 Å². The van der Waals surface area contributed by atoms with Gasteiger partial charge in [-0.15, -0.1) is 0 Å². The molecule has 2 fully saturated rings. The third-order valence-electron chi connectivity index (χ3n) is 6.39. The molecular weight excluding hydrogens is 454 g/mol. The van der Waals surface area contributed by atoms with Crippen LogP contribution in [0.2, 0.25) is 5.02 Å². The standard InChI is InChI=1S/C27H30ClNO5/c1-4-33-19-11-12-22(28)21(14-19)25(30)23-24(18-9-7-17(8-10-18)16(2)3)29(27(32)26(23)31)15-20-6-5-13-34-20/h7-12,14,16,20,24,30H,4-6,13,15H2,1-3H3/b25-23+. The Balaban J connectivity index is 1.84. The summed E-state index contributed by atoms with van der Waals surface area (Å²) in [6.45, 7) is 7.42. The predicted octanol–water partition coefficient (Wildman–Crippen LogP) is 5.46. The molecule has 2 aliphatic rings. The van der Waals surface area contributed by atoms with Gasteiger partial charge in [0.25, 0.3) is 11.7 Å². The van der Waals surface area contributed by atoms with Crippen LogP contribution >= 0.6 is 11.6 Å². The molecule has 2 aromatic carbocycles. The summed E-state index contributed by atoms with van der Waals surface area (Å²) in [5.74, 6) is -0.830. The van der Waals surface area contributed by atoms with E-state index in [1.54, 1.807) is 18.2 Å². The zero-order chi connectivity index (χ0) is 24.4. The highest BCUT2D eigenvalue weighted by molar-refractivity contribution is 6.47. The normalized spacial score (nSPS) is 22.1. The number of ketones is 1. The van der Waals surface area contributed by atoms with Gasteiger partial charge in [-0.1, -0.05) is 49.7 Å². The maximum atomic E-state index is 13.3. The Morgan fingerprint density at radius 2 is 1.94 bits per heavy atom. The predicted molar refractivity (Wildman–Crippen MR) is 131 cm³/mol. The Kier molecular flexibility index (Phi) is 7.29. The fraction of sp³-hybridized carbons (Fsp3) is 0.407. The Morgan fingerprint density at radius 3 is 2.56 bits per heavy atom. The highest BCUT2D eigenvalue weighted by atomic mass is 35.5. The lowest BCUT2D eigenvalue weighted by molar-refractivity contribution is -0.140. The number of carbonyl (C=O) groups excluding carboxylic acids is 2. The van der Waals surface area contributed by atoms with E-state index < -0.39 is 17.7 Å². The average Bonchev–Trinajstić information content (AvgIpc) is 3.42. The number of benzene rings is 2. The molecule has 4 rings (SSSR count). The van der Waals surface area contributed by atoms with Gasteiger partial charge >= 0.3 is 0 Å². The van der Waals surface area contributed by atoms with Crippen LogP contribution in [0.4, 0.5) is 0 Å². The lowest BCUT2D eigenvalue weighted by atomic mass is 9.93. The van der Waals surface area contributed by atoms with Crippen molar-refractivity contribution >= 4 is 29.1 Å². The molecule has 180 valence electrons. The van der Waals surface area contributed by atoms with Gasteiger partial charge in [0.05, 0.1) is 29.3 Å². The van der Waals surface area contributed by atoms with Crippen molar-refractivity contribution < 1.29 is 24.2 Å². The summed E-state index contributed by atoms with van der Waals surface area (Å²) in [4.78, 5) is 28.0. The van der Waals surface area contributed by atoms with Crippen molar-refractivity contribution in [2.24, 2.45) is 0 Å². The number of likely N-dealkylation sites (tertiary alicyclic amines) is 1. The number of hydrogen-bond donors (Lipinski definition) is 1. The molecule has 2 aromatic rings. The van der Waals surface area contributed by atoms with E-state index in [2.05, 4.69) is 13.8 Å². The number of aliphatic hydroxyl groups is 1. The van der Waals surface area contributed by atoms with Gasteiger partial charge in [-0.3, -0.25) is 9.59 Å². The molecule has 0 aliphatic carbocycles. The summed E-state index contributed by atoms with van der Waals surface area (Å²) >= 11 is 6.40. The second-order valence-electron chi connectivity index (χ2n) is 8.98. The second kappa shape index (κ2) is 10.2. The first-order valence-electron chi connectivity index (χ1n) is 11.7. The molecule has 0 spiro atoms. The summed E-state index contributed by atoms with van der Waals surface area (Å²) in [7, 11) is 0. The summed E-state index contributed by atoms with van der Waals surface area (Å²) < 4.78 is 11.3. The van der Waals surface area contributed by atoms with Crippen LogP contribution in [0.25, 0.3) is 5.76 Å². The van der Waals surface area contributed by atoms with Crippen LogP contribution in [0.15, 0.2) is 48.0 Å². The van der Waals surface area contributed by atoms with Gasteiger partial charge in [-0.2, -0.15) is 0 Å². The third-order valence-corrected chi connectivity index (χ3v) is 6.72. The number of Topliss-reactive ketones (excluding diaryl/α,β-unsaturated/α-hetero) is 1. The zero-order valence-corrected chi connectivity index (χ0v) is 20.5. The van der Waals surface area contributed by atoms with Crippen molar-refractivity contribution in [3.63, 3.8) is 0 Å². The van der Waals surface area contributed by atoms with Gasteiger partial charge in [-0.05, 0) is 55.0 Å². The number of hydrogen-bond acceptors (Lipinski definition) is 5. The van der Waals surface area contributed by atoms with Gasteiger partial charge in [0.1, 0.15) is 11.5 Å². The van der Waals surface area contributed by atoms with Crippen LogP contribution in [-0.2, 0) is 14.3 Å². The Bertz CT molecular complexity index is 1100. The van der Waals surface area contributed by atoms with Gasteiger partial charge in [0, 0.05) is 18.7 Å². The van der Waals surface area contributed by atoms with Gasteiger partial charge in [0.2, 0.25) is 0 Å². The Morgan fingerprint density at radius 1 is 1.21 bits per heavy atom. The molecule has 6 nitrogen and oxygen atoms in total. The first-order chi connectivity index (χ1) is 16.3.